The molecule has 2 aromatic carbocycles. The van der Waals surface area contributed by atoms with Gasteiger partial charge in [-0.25, -0.2) is 9.18 Å². The largest absolute Gasteiger partial charge is 0.322 e. The Hall–Kier alpha value is -3.15. The number of rotatable bonds is 5. The van der Waals surface area contributed by atoms with Crippen LogP contribution in [0.2, 0.25) is 0 Å². The molecule has 0 unspecified atom stereocenters. The predicted octanol–water partition coefficient (Wildman–Crippen LogP) is 4.11. The van der Waals surface area contributed by atoms with E-state index in [-0.39, 0.29) is 11.6 Å². The zero-order chi connectivity index (χ0) is 18.5. The van der Waals surface area contributed by atoms with Crippen LogP contribution in [-0.2, 0) is 6.54 Å². The van der Waals surface area contributed by atoms with E-state index >= 15 is 0 Å². The third-order valence-electron chi connectivity index (χ3n) is 4.05. The lowest BCUT2D eigenvalue weighted by Gasteiger charge is -2.23. The van der Waals surface area contributed by atoms with Crippen molar-refractivity contribution >= 4 is 22.6 Å². The van der Waals surface area contributed by atoms with Gasteiger partial charge in [0.2, 0.25) is 5.56 Å². The van der Waals surface area contributed by atoms with Crippen LogP contribution in [0, 0.1) is 5.82 Å². The van der Waals surface area contributed by atoms with Crippen LogP contribution < -0.4 is 10.9 Å². The zero-order valence-electron chi connectivity index (χ0n) is 14.5. The van der Waals surface area contributed by atoms with Gasteiger partial charge in [-0.15, -0.1) is 0 Å². The number of hydrogen-bond donors (Lipinski definition) is 2. The Bertz CT molecular complexity index is 984. The smallest absolute Gasteiger partial charge is 0.322 e. The molecule has 5 nitrogen and oxygen atoms in total. The fraction of sp³-hybridized carbons (Fsp3) is 0.200. The third kappa shape index (κ3) is 4.08. The Labute approximate surface area is 150 Å². The summed E-state index contributed by atoms with van der Waals surface area (Å²) in [6.07, 6.45) is 0.762. The molecule has 0 spiro atoms. The number of halogens is 1. The van der Waals surface area contributed by atoms with Crippen LogP contribution in [0.4, 0.5) is 14.9 Å². The van der Waals surface area contributed by atoms with Gasteiger partial charge >= 0.3 is 6.03 Å². The first-order valence-corrected chi connectivity index (χ1v) is 8.49. The molecule has 26 heavy (non-hydrogen) atoms. The van der Waals surface area contributed by atoms with Crippen LogP contribution in [0.1, 0.15) is 18.9 Å². The second kappa shape index (κ2) is 7.82. The molecule has 0 atom stereocenters. The van der Waals surface area contributed by atoms with Crippen molar-refractivity contribution in [2.24, 2.45) is 0 Å². The monoisotopic (exact) mass is 353 g/mol. The second-order valence-electron chi connectivity index (χ2n) is 6.07. The van der Waals surface area contributed by atoms with E-state index in [1.165, 1.54) is 18.2 Å². The van der Waals surface area contributed by atoms with E-state index in [4.69, 9.17) is 0 Å². The highest BCUT2D eigenvalue weighted by atomic mass is 19.1. The van der Waals surface area contributed by atoms with E-state index in [0.29, 0.717) is 18.8 Å². The minimum Gasteiger partial charge on any atom is -0.322 e. The number of carbonyl (C=O) groups excluding carboxylic acids is 1. The maximum atomic E-state index is 13.3. The number of aromatic amines is 1. The number of nitrogens with one attached hydrogen (secondary N) is 2. The molecule has 3 rings (SSSR count). The molecular formula is C20H20FN3O2. The number of para-hydroxylation sites is 1. The molecule has 0 saturated heterocycles. The number of carbonyl (C=O) groups is 1. The van der Waals surface area contributed by atoms with Crippen molar-refractivity contribution in [2.75, 3.05) is 11.9 Å². The number of H-pyrrole nitrogens is 1. The van der Waals surface area contributed by atoms with Gasteiger partial charge in [-0.2, -0.15) is 0 Å². The Balaban J connectivity index is 1.87. The van der Waals surface area contributed by atoms with Crippen LogP contribution in [0.3, 0.4) is 0 Å². The van der Waals surface area contributed by atoms with Gasteiger partial charge in [0, 0.05) is 35.7 Å². The van der Waals surface area contributed by atoms with Gasteiger partial charge in [0.1, 0.15) is 5.82 Å². The Morgan fingerprint density at radius 3 is 2.73 bits per heavy atom. The summed E-state index contributed by atoms with van der Waals surface area (Å²) in [7, 11) is 0. The van der Waals surface area contributed by atoms with Crippen LogP contribution in [0.25, 0.3) is 10.9 Å². The lowest BCUT2D eigenvalue weighted by Crippen LogP contribution is -2.35. The van der Waals surface area contributed by atoms with Crippen molar-refractivity contribution < 1.29 is 9.18 Å². The normalized spacial score (nSPS) is 10.7. The van der Waals surface area contributed by atoms with Crippen LogP contribution in [-0.4, -0.2) is 22.5 Å². The summed E-state index contributed by atoms with van der Waals surface area (Å²) < 4.78 is 13.3. The SMILES string of the molecule is CCCN(Cc1cc(=O)[nH]c2ccccc12)C(=O)Nc1cccc(F)c1. The van der Waals surface area contributed by atoms with Crippen LogP contribution in [0.5, 0.6) is 0 Å². The highest BCUT2D eigenvalue weighted by molar-refractivity contribution is 5.90. The lowest BCUT2D eigenvalue weighted by molar-refractivity contribution is 0.209. The van der Waals surface area contributed by atoms with Gasteiger partial charge < -0.3 is 15.2 Å². The van der Waals surface area contributed by atoms with E-state index < -0.39 is 5.82 Å². The first-order chi connectivity index (χ1) is 12.6. The quantitative estimate of drug-likeness (QED) is 0.725. The molecule has 2 N–H and O–H groups in total. The fourth-order valence-electron chi connectivity index (χ4n) is 2.90. The lowest BCUT2D eigenvalue weighted by atomic mass is 10.1. The molecule has 1 heterocycles. The van der Waals surface area contributed by atoms with Gasteiger partial charge in [-0.3, -0.25) is 4.79 Å². The summed E-state index contributed by atoms with van der Waals surface area (Å²) in [6, 6.07) is 14.4. The summed E-state index contributed by atoms with van der Waals surface area (Å²) in [5.74, 6) is -0.412. The number of benzene rings is 2. The number of hydrogen-bond acceptors (Lipinski definition) is 2. The zero-order valence-corrected chi connectivity index (χ0v) is 14.5. The Morgan fingerprint density at radius 2 is 1.96 bits per heavy atom. The maximum absolute atomic E-state index is 13.3. The highest BCUT2D eigenvalue weighted by Gasteiger charge is 2.15. The van der Waals surface area contributed by atoms with Crippen molar-refractivity contribution in [3.05, 3.63) is 76.3 Å². The Morgan fingerprint density at radius 1 is 1.15 bits per heavy atom. The topological polar surface area (TPSA) is 65.2 Å². The van der Waals surface area contributed by atoms with E-state index in [1.54, 1.807) is 17.0 Å². The number of nitrogens with zero attached hydrogens (tertiary/aromatic N) is 1. The predicted molar refractivity (Wildman–Crippen MR) is 101 cm³/mol. The van der Waals surface area contributed by atoms with Crippen molar-refractivity contribution in [1.82, 2.24) is 9.88 Å². The van der Waals surface area contributed by atoms with E-state index in [1.807, 2.05) is 31.2 Å². The third-order valence-corrected chi connectivity index (χ3v) is 4.05. The fourth-order valence-corrected chi connectivity index (χ4v) is 2.90. The van der Waals surface area contributed by atoms with Crippen molar-refractivity contribution in [1.29, 1.82) is 0 Å². The van der Waals surface area contributed by atoms with E-state index in [9.17, 15) is 14.0 Å². The maximum Gasteiger partial charge on any atom is 0.322 e. The van der Waals surface area contributed by atoms with E-state index in [2.05, 4.69) is 10.3 Å². The first-order valence-electron chi connectivity index (χ1n) is 8.49. The number of urea groups is 1. The molecule has 0 fully saturated rings. The van der Waals surface area contributed by atoms with Gasteiger partial charge in [0.25, 0.3) is 0 Å². The molecule has 0 saturated carbocycles. The summed E-state index contributed by atoms with van der Waals surface area (Å²) >= 11 is 0. The summed E-state index contributed by atoms with van der Waals surface area (Å²) in [6.45, 7) is 2.78. The van der Waals surface area contributed by atoms with Gasteiger partial charge in [0.15, 0.2) is 0 Å². The minimum atomic E-state index is -0.412. The molecule has 6 heteroatoms. The molecule has 2 amide bonds. The van der Waals surface area contributed by atoms with Crippen LogP contribution in [0.15, 0.2) is 59.4 Å². The van der Waals surface area contributed by atoms with Crippen molar-refractivity contribution in [2.45, 2.75) is 19.9 Å². The summed E-state index contributed by atoms with van der Waals surface area (Å²) in [5.41, 5.74) is 1.69. The molecule has 1 aromatic heterocycles. The Kier molecular flexibility index (Phi) is 5.31. The number of fused-ring (bicyclic) bond motifs is 1. The van der Waals surface area contributed by atoms with E-state index in [0.717, 1.165) is 22.9 Å². The van der Waals surface area contributed by atoms with Gasteiger partial charge in [-0.05, 0) is 36.2 Å². The van der Waals surface area contributed by atoms with Crippen molar-refractivity contribution in [3.8, 4) is 0 Å². The molecule has 0 radical (unpaired) electrons. The molecular weight excluding hydrogens is 333 g/mol. The number of anilines is 1. The standard InChI is InChI=1S/C20H20FN3O2/c1-2-10-24(20(26)22-16-7-5-6-15(21)12-16)13-14-11-19(25)23-18-9-4-3-8-17(14)18/h3-9,11-12H,2,10,13H2,1H3,(H,22,26)(H,23,25). The molecule has 0 bridgehead atoms. The molecule has 0 aliphatic heterocycles. The van der Waals surface area contributed by atoms with Crippen LogP contribution >= 0.6 is 0 Å². The summed E-state index contributed by atoms with van der Waals surface area (Å²) in [5, 5.41) is 3.61. The minimum absolute atomic E-state index is 0.208. The number of aromatic nitrogens is 1. The second-order valence-corrected chi connectivity index (χ2v) is 6.07. The average Bonchev–Trinajstić information content (AvgIpc) is 2.61. The highest BCUT2D eigenvalue weighted by Crippen LogP contribution is 2.18. The first kappa shape index (κ1) is 17.7. The number of amides is 2. The molecule has 0 aliphatic rings. The molecule has 0 aliphatic carbocycles. The molecule has 134 valence electrons. The van der Waals surface area contributed by atoms with Gasteiger partial charge in [0.05, 0.1) is 0 Å². The van der Waals surface area contributed by atoms with Gasteiger partial charge in [-0.1, -0.05) is 31.2 Å². The summed E-state index contributed by atoms with van der Waals surface area (Å²) in [4.78, 5) is 29.0. The average molecular weight is 353 g/mol. The number of pyridine rings is 1. The van der Waals surface area contributed by atoms with Crippen molar-refractivity contribution in [3.63, 3.8) is 0 Å². The molecule has 3 aromatic rings.